The van der Waals surface area contributed by atoms with E-state index in [2.05, 4.69) is 6.92 Å². The van der Waals surface area contributed by atoms with Crippen LogP contribution in [-0.4, -0.2) is 52.9 Å². The van der Waals surface area contributed by atoms with Crippen molar-refractivity contribution in [1.82, 2.24) is 0 Å². The van der Waals surface area contributed by atoms with E-state index in [1.54, 1.807) is 0 Å². The molecule has 0 amide bonds. The van der Waals surface area contributed by atoms with Crippen molar-refractivity contribution < 1.29 is 20.1 Å². The Hall–Kier alpha value is -0.160. The summed E-state index contributed by atoms with van der Waals surface area (Å²) in [6.07, 6.45) is 6.07. The number of aliphatic hydroxyl groups excluding tert-OH is 2. The Labute approximate surface area is 99.1 Å². The Kier molecular flexibility index (Phi) is 9.92. The molecule has 0 spiro atoms. The average Bonchev–Trinajstić information content (AvgIpc) is 2.25. The fourth-order valence-corrected chi connectivity index (χ4v) is 1.87. The van der Waals surface area contributed by atoms with Gasteiger partial charge in [0.25, 0.3) is 0 Å². The van der Waals surface area contributed by atoms with Crippen LogP contribution >= 0.6 is 0 Å². The van der Waals surface area contributed by atoms with Gasteiger partial charge in [0.05, 0.1) is 6.61 Å². The quantitative estimate of drug-likeness (QED) is 0.289. The number of unbranched alkanes of at least 4 members (excludes halogenated alkanes) is 4. The maximum atomic E-state index is 10.2. The first-order valence-corrected chi connectivity index (χ1v) is 6.49. The van der Waals surface area contributed by atoms with Crippen LogP contribution in [0.2, 0.25) is 0 Å². The van der Waals surface area contributed by atoms with E-state index in [-0.39, 0.29) is 17.9 Å². The smallest absolute Gasteiger partial charge is 0.132 e. The molecule has 0 aliphatic rings. The standard InChI is InChI=1S/C12H28NO3/c1-2-3-4-5-8-13(16,10-12-15)9-6-7-11-14/h14-16H,2-12H2,1H3/q+1. The molecule has 0 aromatic rings. The van der Waals surface area contributed by atoms with Crippen molar-refractivity contribution in [3.63, 3.8) is 0 Å². The van der Waals surface area contributed by atoms with Crippen LogP contribution in [0.3, 0.4) is 0 Å². The molecule has 98 valence electrons. The van der Waals surface area contributed by atoms with Gasteiger partial charge in [0, 0.05) is 13.0 Å². The van der Waals surface area contributed by atoms with Gasteiger partial charge < -0.3 is 10.2 Å². The van der Waals surface area contributed by atoms with Gasteiger partial charge in [-0.1, -0.05) is 19.8 Å². The molecular weight excluding hydrogens is 206 g/mol. The van der Waals surface area contributed by atoms with Crippen LogP contribution in [0.1, 0.15) is 45.4 Å². The number of rotatable bonds is 11. The highest BCUT2D eigenvalue weighted by Crippen LogP contribution is 2.09. The second-order valence-corrected chi connectivity index (χ2v) is 4.48. The average molecular weight is 234 g/mol. The summed E-state index contributed by atoms with van der Waals surface area (Å²) in [6, 6.07) is 0. The number of nitrogens with zero attached hydrogens (tertiary/aromatic N) is 1. The highest BCUT2D eigenvalue weighted by Gasteiger charge is 2.23. The zero-order valence-electron chi connectivity index (χ0n) is 10.6. The van der Waals surface area contributed by atoms with Crippen molar-refractivity contribution in [3.8, 4) is 0 Å². The van der Waals surface area contributed by atoms with E-state index in [4.69, 9.17) is 10.2 Å². The molecule has 3 N–H and O–H groups in total. The molecule has 0 rings (SSSR count). The number of hydrogen-bond acceptors (Lipinski definition) is 3. The minimum Gasteiger partial charge on any atom is -0.396 e. The van der Waals surface area contributed by atoms with E-state index < -0.39 is 0 Å². The lowest BCUT2D eigenvalue weighted by molar-refractivity contribution is -1.10. The molecule has 0 saturated carbocycles. The van der Waals surface area contributed by atoms with Crippen molar-refractivity contribution >= 4 is 0 Å². The van der Waals surface area contributed by atoms with E-state index in [9.17, 15) is 5.21 Å². The second-order valence-electron chi connectivity index (χ2n) is 4.48. The second kappa shape index (κ2) is 10.0. The monoisotopic (exact) mass is 234 g/mol. The molecule has 16 heavy (non-hydrogen) atoms. The first-order valence-electron chi connectivity index (χ1n) is 6.49. The third-order valence-electron chi connectivity index (χ3n) is 2.93. The van der Waals surface area contributed by atoms with Crippen LogP contribution in [0, 0.1) is 0 Å². The van der Waals surface area contributed by atoms with Gasteiger partial charge in [0.15, 0.2) is 0 Å². The zero-order chi connectivity index (χ0) is 12.3. The van der Waals surface area contributed by atoms with Gasteiger partial charge in [0.2, 0.25) is 0 Å². The van der Waals surface area contributed by atoms with Crippen molar-refractivity contribution in [2.75, 3.05) is 32.8 Å². The summed E-state index contributed by atoms with van der Waals surface area (Å²) < 4.78 is -0.0415. The number of hydrogen-bond donors (Lipinski definition) is 3. The van der Waals surface area contributed by atoms with Gasteiger partial charge in [-0.3, -0.25) is 0 Å². The zero-order valence-corrected chi connectivity index (χ0v) is 10.6. The summed E-state index contributed by atoms with van der Waals surface area (Å²) in [5, 5.41) is 27.9. The SMILES string of the molecule is CCCCCC[N+](O)(CCO)CCCCO. The molecule has 4 nitrogen and oxygen atoms in total. The molecule has 0 saturated heterocycles. The van der Waals surface area contributed by atoms with Gasteiger partial charge in [0.1, 0.15) is 19.6 Å². The Bertz CT molecular complexity index is 155. The van der Waals surface area contributed by atoms with E-state index >= 15 is 0 Å². The number of hydroxylamine groups is 3. The minimum atomic E-state index is -0.0415. The Morgan fingerprint density at radius 2 is 1.38 bits per heavy atom. The molecule has 0 aliphatic heterocycles. The molecule has 0 aromatic carbocycles. The van der Waals surface area contributed by atoms with Gasteiger partial charge in [-0.05, 0) is 19.3 Å². The topological polar surface area (TPSA) is 60.7 Å². The summed E-state index contributed by atoms with van der Waals surface area (Å²) >= 11 is 0. The van der Waals surface area contributed by atoms with E-state index in [0.717, 1.165) is 25.7 Å². The third-order valence-corrected chi connectivity index (χ3v) is 2.93. The highest BCUT2D eigenvalue weighted by molar-refractivity contribution is 4.43. The van der Waals surface area contributed by atoms with Gasteiger partial charge >= 0.3 is 0 Å². The van der Waals surface area contributed by atoms with Crippen LogP contribution in [0.25, 0.3) is 0 Å². The number of aliphatic hydroxyl groups is 2. The van der Waals surface area contributed by atoms with Crippen LogP contribution in [-0.2, 0) is 0 Å². The first-order chi connectivity index (χ1) is 7.68. The summed E-state index contributed by atoms with van der Waals surface area (Å²) in [5.41, 5.74) is 0. The minimum absolute atomic E-state index is 0.0173. The van der Waals surface area contributed by atoms with Crippen molar-refractivity contribution in [1.29, 1.82) is 0 Å². The summed E-state index contributed by atoms with van der Waals surface area (Å²) in [7, 11) is 0. The molecule has 0 aromatic heterocycles. The van der Waals surface area contributed by atoms with Crippen LogP contribution in [0.4, 0.5) is 0 Å². The Morgan fingerprint density at radius 1 is 0.750 bits per heavy atom. The van der Waals surface area contributed by atoms with E-state index in [0.29, 0.717) is 19.6 Å². The lowest BCUT2D eigenvalue weighted by Gasteiger charge is -2.29. The predicted octanol–water partition coefficient (Wildman–Crippen LogP) is 1.54. The summed E-state index contributed by atoms with van der Waals surface area (Å²) in [5.74, 6) is 0. The van der Waals surface area contributed by atoms with Crippen LogP contribution in [0.15, 0.2) is 0 Å². The van der Waals surface area contributed by atoms with Crippen LogP contribution in [0.5, 0.6) is 0 Å². The lowest BCUT2D eigenvalue weighted by atomic mass is 10.2. The maximum absolute atomic E-state index is 10.2. The molecule has 0 fully saturated rings. The predicted molar refractivity (Wildman–Crippen MR) is 64.2 cm³/mol. The Balaban J connectivity index is 3.81. The summed E-state index contributed by atoms with van der Waals surface area (Å²) in [4.78, 5) is 0. The maximum Gasteiger partial charge on any atom is 0.132 e. The molecule has 4 heteroatoms. The largest absolute Gasteiger partial charge is 0.396 e. The van der Waals surface area contributed by atoms with E-state index in [1.165, 1.54) is 12.8 Å². The van der Waals surface area contributed by atoms with Gasteiger partial charge in [-0.15, -0.1) is 0 Å². The van der Waals surface area contributed by atoms with E-state index in [1.807, 2.05) is 0 Å². The fraction of sp³-hybridized carbons (Fsp3) is 1.00. The third kappa shape index (κ3) is 8.05. The molecule has 1 atom stereocenters. The molecule has 0 radical (unpaired) electrons. The molecule has 0 bridgehead atoms. The van der Waals surface area contributed by atoms with Crippen molar-refractivity contribution in [2.24, 2.45) is 0 Å². The van der Waals surface area contributed by atoms with Gasteiger partial charge in [-0.2, -0.15) is 4.65 Å². The first kappa shape index (κ1) is 15.8. The normalized spacial score (nSPS) is 15.0. The lowest BCUT2D eigenvalue weighted by Crippen LogP contribution is -2.48. The van der Waals surface area contributed by atoms with Crippen LogP contribution < -0.4 is 0 Å². The molecular formula is C12H28NO3+. The highest BCUT2D eigenvalue weighted by atomic mass is 16.5. The molecule has 0 aliphatic carbocycles. The summed E-state index contributed by atoms with van der Waals surface area (Å²) in [6.45, 7) is 4.10. The Morgan fingerprint density at radius 3 is 1.88 bits per heavy atom. The molecule has 0 heterocycles. The fourth-order valence-electron chi connectivity index (χ4n) is 1.87. The number of quaternary nitrogens is 1. The molecule has 1 unspecified atom stereocenters. The van der Waals surface area contributed by atoms with Gasteiger partial charge in [-0.25, -0.2) is 5.21 Å². The van der Waals surface area contributed by atoms with Crippen molar-refractivity contribution in [2.45, 2.75) is 45.4 Å². The van der Waals surface area contributed by atoms with Crippen molar-refractivity contribution in [3.05, 3.63) is 0 Å².